The zero-order chi connectivity index (χ0) is 11.5. The number of hydrogen-bond acceptors (Lipinski definition) is 4. The van der Waals surface area contributed by atoms with Crippen molar-refractivity contribution in [2.24, 2.45) is 0 Å². The van der Waals surface area contributed by atoms with Crippen molar-refractivity contribution in [2.45, 2.75) is 25.6 Å². The molecule has 1 fully saturated rings. The maximum atomic E-state index is 9.33. The Bertz CT molecular complexity index is 313. The maximum absolute atomic E-state index is 9.33. The summed E-state index contributed by atoms with van der Waals surface area (Å²) in [6.07, 6.45) is 1.71. The Hall–Kier alpha value is -0.840. The average molecular weight is 224 g/mol. The molecule has 0 spiro atoms. The van der Waals surface area contributed by atoms with Gasteiger partial charge in [0.1, 0.15) is 5.76 Å². The number of furan rings is 1. The molecule has 1 aromatic heterocycles. The number of aliphatic hydroxyl groups is 1. The minimum atomic E-state index is 0.218. The summed E-state index contributed by atoms with van der Waals surface area (Å²) in [6, 6.07) is 4.62. The first-order valence-corrected chi connectivity index (χ1v) is 5.78. The zero-order valence-corrected chi connectivity index (χ0v) is 9.97. The summed E-state index contributed by atoms with van der Waals surface area (Å²) in [6.45, 7) is 5.17. The molecule has 0 radical (unpaired) electrons. The third-order valence-corrected chi connectivity index (χ3v) is 3.43. The molecule has 4 heteroatoms. The van der Waals surface area contributed by atoms with E-state index in [4.69, 9.17) is 4.42 Å². The van der Waals surface area contributed by atoms with Crippen LogP contribution in [0.25, 0.3) is 0 Å². The molecule has 90 valence electrons. The van der Waals surface area contributed by atoms with Crippen LogP contribution in [0.5, 0.6) is 0 Å². The van der Waals surface area contributed by atoms with Gasteiger partial charge in [-0.2, -0.15) is 0 Å². The number of likely N-dealkylation sites (N-methyl/N-ethyl adjacent to an activating group) is 1. The van der Waals surface area contributed by atoms with Crippen LogP contribution in [0.4, 0.5) is 0 Å². The lowest BCUT2D eigenvalue weighted by Crippen LogP contribution is -2.56. The van der Waals surface area contributed by atoms with Gasteiger partial charge >= 0.3 is 0 Å². The van der Waals surface area contributed by atoms with Crippen molar-refractivity contribution in [3.05, 3.63) is 24.2 Å². The minimum absolute atomic E-state index is 0.218. The van der Waals surface area contributed by atoms with E-state index in [1.807, 2.05) is 12.1 Å². The molecule has 2 heterocycles. The van der Waals surface area contributed by atoms with Gasteiger partial charge in [0, 0.05) is 25.2 Å². The van der Waals surface area contributed by atoms with Crippen LogP contribution in [-0.4, -0.2) is 53.7 Å². The Labute approximate surface area is 96.5 Å². The Morgan fingerprint density at radius 3 is 2.94 bits per heavy atom. The molecule has 1 aromatic rings. The smallest absolute Gasteiger partial charge is 0.117 e. The third kappa shape index (κ3) is 2.45. The van der Waals surface area contributed by atoms with Gasteiger partial charge in [-0.25, -0.2) is 0 Å². The second-order valence-electron chi connectivity index (χ2n) is 4.62. The summed E-state index contributed by atoms with van der Waals surface area (Å²) >= 11 is 0. The highest BCUT2D eigenvalue weighted by molar-refractivity contribution is 4.99. The monoisotopic (exact) mass is 224 g/mol. The SMILES string of the molecule is CC1CN(Cc2ccco2)CC(CO)N1C. The topological polar surface area (TPSA) is 39.9 Å². The van der Waals surface area contributed by atoms with Crippen molar-refractivity contribution in [3.63, 3.8) is 0 Å². The summed E-state index contributed by atoms with van der Waals surface area (Å²) < 4.78 is 5.35. The van der Waals surface area contributed by atoms with E-state index in [1.54, 1.807) is 6.26 Å². The van der Waals surface area contributed by atoms with Crippen LogP contribution >= 0.6 is 0 Å². The molecule has 2 atom stereocenters. The predicted octanol–water partition coefficient (Wildman–Crippen LogP) is 0.776. The van der Waals surface area contributed by atoms with E-state index in [0.717, 1.165) is 25.4 Å². The quantitative estimate of drug-likeness (QED) is 0.823. The number of rotatable bonds is 3. The van der Waals surface area contributed by atoms with Gasteiger partial charge in [-0.15, -0.1) is 0 Å². The summed E-state index contributed by atoms with van der Waals surface area (Å²) in [7, 11) is 2.08. The van der Waals surface area contributed by atoms with Crippen LogP contribution in [0, 0.1) is 0 Å². The molecule has 4 nitrogen and oxygen atoms in total. The van der Waals surface area contributed by atoms with Gasteiger partial charge in [-0.3, -0.25) is 9.80 Å². The molecule has 0 aliphatic carbocycles. The van der Waals surface area contributed by atoms with Crippen LogP contribution in [0.1, 0.15) is 12.7 Å². The summed E-state index contributed by atoms with van der Waals surface area (Å²) in [4.78, 5) is 4.59. The summed E-state index contributed by atoms with van der Waals surface area (Å²) in [5.41, 5.74) is 0. The second-order valence-corrected chi connectivity index (χ2v) is 4.62. The van der Waals surface area contributed by atoms with Gasteiger partial charge in [-0.1, -0.05) is 0 Å². The van der Waals surface area contributed by atoms with Crippen LogP contribution in [0.15, 0.2) is 22.8 Å². The Morgan fingerprint density at radius 2 is 2.31 bits per heavy atom. The normalized spacial score (nSPS) is 28.4. The first kappa shape index (κ1) is 11.6. The molecule has 0 amide bonds. The van der Waals surface area contributed by atoms with Crippen LogP contribution in [0.3, 0.4) is 0 Å². The van der Waals surface area contributed by atoms with Gasteiger partial charge in [0.05, 0.1) is 19.4 Å². The van der Waals surface area contributed by atoms with Crippen molar-refractivity contribution in [1.29, 1.82) is 0 Å². The predicted molar refractivity (Wildman–Crippen MR) is 62.1 cm³/mol. The largest absolute Gasteiger partial charge is 0.468 e. The fourth-order valence-corrected chi connectivity index (χ4v) is 2.30. The zero-order valence-electron chi connectivity index (χ0n) is 9.97. The van der Waals surface area contributed by atoms with Crippen LogP contribution < -0.4 is 0 Å². The van der Waals surface area contributed by atoms with E-state index >= 15 is 0 Å². The van der Waals surface area contributed by atoms with Gasteiger partial charge < -0.3 is 9.52 Å². The minimum Gasteiger partial charge on any atom is -0.468 e. The van der Waals surface area contributed by atoms with Crippen molar-refractivity contribution in [1.82, 2.24) is 9.80 Å². The lowest BCUT2D eigenvalue weighted by molar-refractivity contribution is 0.0163. The number of nitrogens with zero attached hydrogens (tertiary/aromatic N) is 2. The Balaban J connectivity index is 1.96. The molecule has 1 N–H and O–H groups in total. The van der Waals surface area contributed by atoms with Crippen molar-refractivity contribution >= 4 is 0 Å². The highest BCUT2D eigenvalue weighted by atomic mass is 16.3. The Morgan fingerprint density at radius 1 is 1.50 bits per heavy atom. The van der Waals surface area contributed by atoms with Gasteiger partial charge in [0.2, 0.25) is 0 Å². The molecule has 0 aromatic carbocycles. The summed E-state index contributed by atoms with van der Waals surface area (Å²) in [5.74, 6) is 0.994. The molecule has 16 heavy (non-hydrogen) atoms. The molecule has 2 unspecified atom stereocenters. The number of piperazine rings is 1. The summed E-state index contributed by atoms with van der Waals surface area (Å²) in [5, 5.41) is 9.33. The fraction of sp³-hybridized carbons (Fsp3) is 0.667. The van der Waals surface area contributed by atoms with E-state index in [1.165, 1.54) is 0 Å². The van der Waals surface area contributed by atoms with E-state index in [9.17, 15) is 5.11 Å². The van der Waals surface area contributed by atoms with Crippen LogP contribution in [-0.2, 0) is 6.54 Å². The van der Waals surface area contributed by atoms with E-state index in [2.05, 4.69) is 23.8 Å². The molecule has 1 aliphatic rings. The maximum Gasteiger partial charge on any atom is 0.117 e. The fourth-order valence-electron chi connectivity index (χ4n) is 2.30. The molecule has 1 saturated heterocycles. The molecule has 0 bridgehead atoms. The van der Waals surface area contributed by atoms with E-state index in [0.29, 0.717) is 6.04 Å². The second kappa shape index (κ2) is 4.99. The highest BCUT2D eigenvalue weighted by Crippen LogP contribution is 2.16. The van der Waals surface area contributed by atoms with Gasteiger partial charge in [-0.05, 0) is 26.1 Å². The van der Waals surface area contributed by atoms with Crippen molar-refractivity contribution < 1.29 is 9.52 Å². The molecular weight excluding hydrogens is 204 g/mol. The third-order valence-electron chi connectivity index (χ3n) is 3.43. The lowest BCUT2D eigenvalue weighted by Gasteiger charge is -2.42. The first-order valence-electron chi connectivity index (χ1n) is 5.78. The average Bonchev–Trinajstić information content (AvgIpc) is 2.76. The highest BCUT2D eigenvalue weighted by Gasteiger charge is 2.28. The Kier molecular flexibility index (Phi) is 3.63. The molecule has 0 saturated carbocycles. The molecule has 1 aliphatic heterocycles. The van der Waals surface area contributed by atoms with Gasteiger partial charge in [0.25, 0.3) is 0 Å². The van der Waals surface area contributed by atoms with Gasteiger partial charge in [0.15, 0.2) is 0 Å². The van der Waals surface area contributed by atoms with Crippen molar-refractivity contribution in [2.75, 3.05) is 26.7 Å². The lowest BCUT2D eigenvalue weighted by atomic mass is 10.1. The molecule has 2 rings (SSSR count). The number of aliphatic hydroxyl groups excluding tert-OH is 1. The molecular formula is C12H20N2O2. The standard InChI is InChI=1S/C12H20N2O2/c1-10-6-14(7-11(9-15)13(10)2)8-12-4-3-5-16-12/h3-5,10-11,15H,6-9H2,1-2H3. The first-order chi connectivity index (χ1) is 7.70. The van der Waals surface area contributed by atoms with E-state index < -0.39 is 0 Å². The van der Waals surface area contributed by atoms with E-state index in [-0.39, 0.29) is 12.6 Å². The van der Waals surface area contributed by atoms with Crippen LogP contribution in [0.2, 0.25) is 0 Å². The van der Waals surface area contributed by atoms with Crippen molar-refractivity contribution in [3.8, 4) is 0 Å². The number of hydrogen-bond donors (Lipinski definition) is 1.